The molecule has 6 heteroatoms. The number of carbonyl (C=O) groups excluding carboxylic acids is 2. The van der Waals surface area contributed by atoms with Crippen molar-refractivity contribution < 1.29 is 14.7 Å². The lowest BCUT2D eigenvalue weighted by molar-refractivity contribution is -0.137. The van der Waals surface area contributed by atoms with Crippen LogP contribution in [0.5, 0.6) is 0 Å². The summed E-state index contributed by atoms with van der Waals surface area (Å²) in [6, 6.07) is 1.72. The molecule has 5 nitrogen and oxygen atoms in total. The van der Waals surface area contributed by atoms with Crippen LogP contribution < -0.4 is 10.6 Å². The standard InChI is InChI=1S/C11H14N2O3S/c14-9(12-7-11(16)3-1-4-11)10(15)13-8-2-5-17-6-8/h2,5-6,16H,1,3-4,7H2,(H,12,14)(H,13,15). The van der Waals surface area contributed by atoms with Crippen LogP contribution in [0.25, 0.3) is 0 Å². The van der Waals surface area contributed by atoms with Crippen molar-refractivity contribution in [2.75, 3.05) is 11.9 Å². The van der Waals surface area contributed by atoms with Crippen LogP contribution in [0.3, 0.4) is 0 Å². The van der Waals surface area contributed by atoms with Crippen molar-refractivity contribution in [2.45, 2.75) is 24.9 Å². The van der Waals surface area contributed by atoms with Gasteiger partial charge in [-0.15, -0.1) is 0 Å². The predicted octanol–water partition coefficient (Wildman–Crippen LogP) is 0.718. The van der Waals surface area contributed by atoms with Crippen LogP contribution in [0.2, 0.25) is 0 Å². The molecule has 1 saturated carbocycles. The molecule has 17 heavy (non-hydrogen) atoms. The molecule has 2 rings (SSSR count). The summed E-state index contributed by atoms with van der Waals surface area (Å²) in [7, 11) is 0. The molecule has 1 aromatic rings. The Bertz CT molecular complexity index is 412. The van der Waals surface area contributed by atoms with Crippen molar-refractivity contribution in [3.8, 4) is 0 Å². The van der Waals surface area contributed by atoms with Crippen LogP contribution in [-0.2, 0) is 9.59 Å². The van der Waals surface area contributed by atoms with Gasteiger partial charge in [0.1, 0.15) is 0 Å². The molecule has 0 saturated heterocycles. The molecule has 3 N–H and O–H groups in total. The molecule has 0 atom stereocenters. The Balaban J connectivity index is 1.77. The number of carbonyl (C=O) groups is 2. The SMILES string of the molecule is O=C(NCC1(O)CCC1)C(=O)Nc1ccsc1. The van der Waals surface area contributed by atoms with Crippen molar-refractivity contribution in [1.82, 2.24) is 5.32 Å². The maximum Gasteiger partial charge on any atom is 0.313 e. The topological polar surface area (TPSA) is 78.4 Å². The first-order chi connectivity index (χ1) is 8.09. The largest absolute Gasteiger partial charge is 0.388 e. The molecule has 0 aromatic carbocycles. The number of hydrogen-bond acceptors (Lipinski definition) is 4. The van der Waals surface area contributed by atoms with Crippen LogP contribution in [0, 0.1) is 0 Å². The fourth-order valence-corrected chi connectivity index (χ4v) is 2.20. The van der Waals surface area contributed by atoms with Crippen molar-refractivity contribution >= 4 is 28.8 Å². The molecular weight excluding hydrogens is 240 g/mol. The summed E-state index contributed by atoms with van der Waals surface area (Å²) in [4.78, 5) is 22.9. The van der Waals surface area contributed by atoms with E-state index in [1.807, 2.05) is 5.38 Å². The predicted molar refractivity (Wildman–Crippen MR) is 64.8 cm³/mol. The van der Waals surface area contributed by atoms with Gasteiger partial charge in [0.15, 0.2) is 0 Å². The Morgan fingerprint density at radius 3 is 2.71 bits per heavy atom. The van der Waals surface area contributed by atoms with Gasteiger partial charge >= 0.3 is 11.8 Å². The van der Waals surface area contributed by atoms with Crippen LogP contribution in [-0.4, -0.2) is 29.1 Å². The van der Waals surface area contributed by atoms with Gasteiger partial charge in [-0.1, -0.05) is 0 Å². The monoisotopic (exact) mass is 254 g/mol. The Morgan fingerprint density at radius 1 is 1.41 bits per heavy atom. The van der Waals surface area contributed by atoms with Gasteiger partial charge in [-0.05, 0) is 30.7 Å². The zero-order chi connectivity index (χ0) is 12.3. The molecule has 0 bridgehead atoms. The maximum atomic E-state index is 11.4. The fraction of sp³-hybridized carbons (Fsp3) is 0.455. The van der Waals surface area contributed by atoms with E-state index in [-0.39, 0.29) is 6.54 Å². The fourth-order valence-electron chi connectivity index (χ4n) is 1.61. The molecular formula is C11H14N2O3S. The summed E-state index contributed by atoms with van der Waals surface area (Å²) in [5, 5.41) is 18.2. The van der Waals surface area contributed by atoms with Gasteiger partial charge in [-0.25, -0.2) is 0 Å². The number of thiophene rings is 1. The van der Waals surface area contributed by atoms with Gasteiger partial charge in [0.2, 0.25) is 0 Å². The highest BCUT2D eigenvalue weighted by atomic mass is 32.1. The lowest BCUT2D eigenvalue weighted by atomic mass is 9.80. The minimum absolute atomic E-state index is 0.142. The molecule has 2 amide bonds. The van der Waals surface area contributed by atoms with Crippen LogP contribution in [0.15, 0.2) is 16.8 Å². The number of rotatable bonds is 3. The highest BCUT2D eigenvalue weighted by Gasteiger charge is 2.35. The van der Waals surface area contributed by atoms with E-state index in [4.69, 9.17) is 0 Å². The average molecular weight is 254 g/mol. The van der Waals surface area contributed by atoms with Crippen molar-refractivity contribution in [3.05, 3.63) is 16.8 Å². The molecule has 0 radical (unpaired) electrons. The second-order valence-corrected chi connectivity index (χ2v) is 5.01. The van der Waals surface area contributed by atoms with E-state index in [1.165, 1.54) is 11.3 Å². The molecule has 1 heterocycles. The highest BCUT2D eigenvalue weighted by Crippen LogP contribution is 2.30. The van der Waals surface area contributed by atoms with Gasteiger partial charge in [-0.3, -0.25) is 9.59 Å². The van der Waals surface area contributed by atoms with Gasteiger partial charge in [0, 0.05) is 11.9 Å². The third kappa shape index (κ3) is 3.04. The number of hydrogen-bond donors (Lipinski definition) is 3. The molecule has 0 spiro atoms. The Labute approximate surface area is 103 Å². The van der Waals surface area contributed by atoms with Gasteiger partial charge < -0.3 is 15.7 Å². The van der Waals surface area contributed by atoms with E-state index < -0.39 is 17.4 Å². The Morgan fingerprint density at radius 2 is 2.18 bits per heavy atom. The third-order valence-corrected chi connectivity index (χ3v) is 3.53. The van der Waals surface area contributed by atoms with Crippen molar-refractivity contribution in [1.29, 1.82) is 0 Å². The van der Waals surface area contributed by atoms with Crippen LogP contribution in [0.1, 0.15) is 19.3 Å². The molecule has 0 unspecified atom stereocenters. The molecule has 92 valence electrons. The van der Waals surface area contributed by atoms with Crippen molar-refractivity contribution in [2.24, 2.45) is 0 Å². The van der Waals surface area contributed by atoms with E-state index in [9.17, 15) is 14.7 Å². The first-order valence-electron chi connectivity index (χ1n) is 5.43. The summed E-state index contributed by atoms with van der Waals surface area (Å²) in [6.07, 6.45) is 2.33. The zero-order valence-corrected chi connectivity index (χ0v) is 10.0. The smallest absolute Gasteiger partial charge is 0.313 e. The lowest BCUT2D eigenvalue weighted by Crippen LogP contribution is -2.49. The average Bonchev–Trinajstić information content (AvgIpc) is 2.75. The van der Waals surface area contributed by atoms with E-state index in [0.717, 1.165) is 6.42 Å². The summed E-state index contributed by atoms with van der Waals surface area (Å²) in [6.45, 7) is 0.142. The molecule has 1 aliphatic rings. The lowest BCUT2D eigenvalue weighted by Gasteiger charge is -2.36. The molecule has 0 aliphatic heterocycles. The van der Waals surface area contributed by atoms with Crippen LogP contribution >= 0.6 is 11.3 Å². The number of amides is 2. The summed E-state index contributed by atoms with van der Waals surface area (Å²) >= 11 is 1.44. The van der Waals surface area contributed by atoms with E-state index in [0.29, 0.717) is 18.5 Å². The minimum atomic E-state index is -0.807. The number of nitrogens with one attached hydrogen (secondary N) is 2. The van der Waals surface area contributed by atoms with Crippen molar-refractivity contribution in [3.63, 3.8) is 0 Å². The number of aliphatic hydroxyl groups is 1. The summed E-state index contributed by atoms with van der Waals surface area (Å²) < 4.78 is 0. The van der Waals surface area contributed by atoms with E-state index in [2.05, 4.69) is 10.6 Å². The second-order valence-electron chi connectivity index (χ2n) is 4.23. The zero-order valence-electron chi connectivity index (χ0n) is 9.23. The van der Waals surface area contributed by atoms with Gasteiger partial charge in [0.05, 0.1) is 11.3 Å². The Hall–Kier alpha value is -1.40. The summed E-state index contributed by atoms with van der Waals surface area (Å²) in [5.41, 5.74) is -0.198. The summed E-state index contributed by atoms with van der Waals surface area (Å²) in [5.74, 6) is -1.41. The number of anilines is 1. The minimum Gasteiger partial charge on any atom is -0.388 e. The first kappa shape index (κ1) is 12.1. The maximum absolute atomic E-state index is 11.4. The first-order valence-corrected chi connectivity index (χ1v) is 6.37. The normalized spacial score (nSPS) is 17.0. The quantitative estimate of drug-likeness (QED) is 0.695. The van der Waals surface area contributed by atoms with E-state index in [1.54, 1.807) is 11.4 Å². The molecule has 1 fully saturated rings. The van der Waals surface area contributed by atoms with Gasteiger partial charge in [0.25, 0.3) is 0 Å². The highest BCUT2D eigenvalue weighted by molar-refractivity contribution is 7.08. The van der Waals surface area contributed by atoms with Crippen LogP contribution in [0.4, 0.5) is 5.69 Å². The second kappa shape index (κ2) is 4.85. The van der Waals surface area contributed by atoms with Gasteiger partial charge in [-0.2, -0.15) is 11.3 Å². The molecule has 1 aromatic heterocycles. The Kier molecular flexibility index (Phi) is 3.44. The van der Waals surface area contributed by atoms with E-state index >= 15 is 0 Å². The molecule has 1 aliphatic carbocycles. The third-order valence-electron chi connectivity index (χ3n) is 2.85.